The van der Waals surface area contributed by atoms with Gasteiger partial charge in [0.05, 0.1) is 32.2 Å². The molecule has 5 aromatic carbocycles. The summed E-state index contributed by atoms with van der Waals surface area (Å²) in [7, 11) is -2.66. The molecule has 4 atom stereocenters. The summed E-state index contributed by atoms with van der Waals surface area (Å²) in [5, 5.41) is 2.52. The maximum atomic E-state index is 7.39. The molecule has 5 nitrogen and oxygen atoms in total. The van der Waals surface area contributed by atoms with Gasteiger partial charge >= 0.3 is 0 Å². The molecule has 0 N–H and O–H groups in total. The molecular weight excluding hydrogens is 685 g/mol. The molecule has 54 heavy (non-hydrogen) atoms. The van der Waals surface area contributed by atoms with E-state index in [0.717, 1.165) is 41.7 Å². The van der Waals surface area contributed by atoms with E-state index in [1.807, 2.05) is 54.6 Å². The van der Waals surface area contributed by atoms with E-state index >= 15 is 0 Å². The summed E-state index contributed by atoms with van der Waals surface area (Å²) >= 11 is 0. The Morgan fingerprint density at radius 2 is 1.07 bits per heavy atom. The highest BCUT2D eigenvalue weighted by atomic mass is 28.4. The Kier molecular flexibility index (Phi) is 14.1. The molecule has 0 aromatic heterocycles. The number of benzene rings is 5. The molecule has 0 fully saturated rings. The maximum Gasteiger partial charge on any atom is 0.261 e. The van der Waals surface area contributed by atoms with E-state index in [9.17, 15) is 0 Å². The van der Waals surface area contributed by atoms with Crippen LogP contribution in [0.15, 0.2) is 163 Å². The molecule has 0 radical (unpaired) electrons. The van der Waals surface area contributed by atoms with Crippen molar-refractivity contribution in [1.29, 1.82) is 0 Å². The Labute approximate surface area is 324 Å². The fraction of sp³-hybridized carbons (Fsp3) is 0.333. The van der Waals surface area contributed by atoms with Crippen molar-refractivity contribution in [2.24, 2.45) is 0 Å². The van der Waals surface area contributed by atoms with Crippen molar-refractivity contribution >= 4 is 18.7 Å². The average molecular weight is 741 g/mol. The van der Waals surface area contributed by atoms with Crippen LogP contribution in [0.2, 0.25) is 5.04 Å². The minimum atomic E-state index is -2.66. The molecule has 0 saturated heterocycles. The third-order valence-corrected chi connectivity index (χ3v) is 15.3. The van der Waals surface area contributed by atoms with Crippen LogP contribution in [-0.4, -0.2) is 39.3 Å². The smallest absolute Gasteiger partial charge is 0.261 e. The summed E-state index contributed by atoms with van der Waals surface area (Å²) < 4.78 is 33.8. The lowest BCUT2D eigenvalue weighted by Crippen LogP contribution is -2.67. The predicted molar refractivity (Wildman–Crippen MR) is 221 cm³/mol. The summed E-state index contributed by atoms with van der Waals surface area (Å²) in [6.45, 7) is 11.0. The first-order valence-corrected chi connectivity index (χ1v) is 21.3. The molecule has 1 aliphatic rings. The zero-order chi connectivity index (χ0) is 37.6. The second-order valence-electron chi connectivity index (χ2n) is 15.3. The normalized spacial score (nSPS) is 18.1. The highest BCUT2D eigenvalue weighted by Crippen LogP contribution is 2.38. The lowest BCUT2D eigenvalue weighted by Gasteiger charge is -2.44. The van der Waals surface area contributed by atoms with Crippen molar-refractivity contribution in [3.05, 3.63) is 180 Å². The molecule has 0 spiro atoms. The van der Waals surface area contributed by atoms with Crippen LogP contribution in [0, 0.1) is 0 Å². The summed E-state index contributed by atoms with van der Waals surface area (Å²) in [4.78, 5) is 0. The van der Waals surface area contributed by atoms with Crippen LogP contribution in [0.4, 0.5) is 0 Å². The summed E-state index contributed by atoms with van der Waals surface area (Å²) in [5.41, 5.74) is 3.34. The van der Waals surface area contributed by atoms with Crippen LogP contribution >= 0.6 is 0 Å². The Morgan fingerprint density at radius 1 is 0.611 bits per heavy atom. The van der Waals surface area contributed by atoms with Crippen molar-refractivity contribution in [2.45, 2.75) is 96.2 Å². The Bertz CT molecular complexity index is 1790. The minimum absolute atomic E-state index is 0.0394. The number of allylic oxidation sites excluding steroid dienone is 1. The zero-order valence-electron chi connectivity index (χ0n) is 32.3. The predicted octanol–water partition coefficient (Wildman–Crippen LogP) is 9.79. The molecule has 6 rings (SSSR count). The van der Waals surface area contributed by atoms with Gasteiger partial charge in [-0.05, 0) is 57.9 Å². The summed E-state index contributed by atoms with van der Waals surface area (Å²) in [6, 6.07) is 52.6. The van der Waals surface area contributed by atoms with Gasteiger partial charge in [0, 0.05) is 12.5 Å². The van der Waals surface area contributed by atoms with Crippen molar-refractivity contribution in [1.82, 2.24) is 0 Å². The summed E-state index contributed by atoms with van der Waals surface area (Å²) in [5.74, 6) is 0.915. The number of rotatable bonds is 18. The van der Waals surface area contributed by atoms with Gasteiger partial charge in [-0.25, -0.2) is 0 Å². The van der Waals surface area contributed by atoms with Gasteiger partial charge in [0.25, 0.3) is 8.32 Å². The number of ether oxygens (including phenoxy) is 4. The second kappa shape index (κ2) is 19.3. The fourth-order valence-electron chi connectivity index (χ4n) is 7.42. The van der Waals surface area contributed by atoms with Crippen molar-refractivity contribution in [3.63, 3.8) is 0 Å². The lowest BCUT2D eigenvalue weighted by molar-refractivity contribution is -0.154. The van der Waals surface area contributed by atoms with E-state index in [2.05, 4.69) is 131 Å². The molecule has 5 aromatic rings. The Hall–Kier alpha value is -4.30. The van der Waals surface area contributed by atoms with Gasteiger partial charge in [0.2, 0.25) is 0 Å². The summed E-state index contributed by atoms with van der Waals surface area (Å²) in [6.07, 6.45) is 3.73. The van der Waals surface area contributed by atoms with E-state index in [-0.39, 0.29) is 29.5 Å². The van der Waals surface area contributed by atoms with E-state index in [1.54, 1.807) is 0 Å². The van der Waals surface area contributed by atoms with Gasteiger partial charge in [-0.15, -0.1) is 0 Å². The van der Waals surface area contributed by atoms with Gasteiger partial charge in [-0.3, -0.25) is 0 Å². The van der Waals surface area contributed by atoms with Crippen LogP contribution in [0.25, 0.3) is 0 Å². The van der Waals surface area contributed by atoms with Gasteiger partial charge < -0.3 is 23.4 Å². The highest BCUT2D eigenvalue weighted by Gasteiger charge is 2.51. The Balaban J connectivity index is 1.20. The second-order valence-corrected chi connectivity index (χ2v) is 19.5. The van der Waals surface area contributed by atoms with Crippen LogP contribution in [0.5, 0.6) is 0 Å². The number of hydrogen-bond acceptors (Lipinski definition) is 5. The molecule has 6 heteroatoms. The van der Waals surface area contributed by atoms with Gasteiger partial charge in [0.15, 0.2) is 6.10 Å². The third kappa shape index (κ3) is 10.5. The SMILES string of the molecule is C[C@H](CCCC1=C[C@@H](OCc2ccccc2)[C@H](OCc2ccccc2)[C@@H](COCc2ccccc2)O1)O[Si](c1ccccc1)(c1ccccc1)C(C)(C)C. The molecule has 282 valence electrons. The van der Waals surface area contributed by atoms with Gasteiger partial charge in [0.1, 0.15) is 12.2 Å². The van der Waals surface area contributed by atoms with E-state index in [1.165, 1.54) is 10.4 Å². The maximum absolute atomic E-state index is 7.39. The zero-order valence-corrected chi connectivity index (χ0v) is 33.3. The third-order valence-electron chi connectivity index (χ3n) is 10.1. The molecule has 0 bridgehead atoms. The Morgan fingerprint density at radius 3 is 1.57 bits per heavy atom. The largest absolute Gasteiger partial charge is 0.490 e. The van der Waals surface area contributed by atoms with Crippen LogP contribution in [0.1, 0.15) is 63.6 Å². The van der Waals surface area contributed by atoms with E-state index < -0.39 is 8.32 Å². The molecule has 0 amide bonds. The van der Waals surface area contributed by atoms with E-state index in [0.29, 0.717) is 26.4 Å². The first kappa shape index (κ1) is 39.4. The standard InChI is InChI=1S/C48H56O5Si/c1-38(53-54(48(2,3)4,43-29-16-8-17-30-43)44-31-18-9-19-32-44)21-20-28-42-33-45(50-35-40-24-12-6-13-25-40)47(51-36-41-26-14-7-15-27-41)46(52-42)37-49-34-39-22-10-5-11-23-39/h5-19,22-27,29-33,38,45-47H,20-21,28,34-37H2,1-4H3/t38-,45-,46-,47+/m1/s1. The first-order valence-electron chi connectivity index (χ1n) is 19.4. The molecule has 0 saturated carbocycles. The fourth-order valence-corrected chi connectivity index (χ4v) is 12.2. The quantitative estimate of drug-likeness (QED) is 0.0838. The van der Waals surface area contributed by atoms with Crippen LogP contribution in [0.3, 0.4) is 0 Å². The number of hydrogen-bond donors (Lipinski definition) is 0. The minimum Gasteiger partial charge on any atom is -0.490 e. The van der Waals surface area contributed by atoms with Gasteiger partial charge in [-0.1, -0.05) is 172 Å². The molecule has 1 aliphatic heterocycles. The van der Waals surface area contributed by atoms with Crippen molar-refractivity contribution in [3.8, 4) is 0 Å². The van der Waals surface area contributed by atoms with Gasteiger partial charge in [-0.2, -0.15) is 0 Å². The van der Waals surface area contributed by atoms with Crippen molar-refractivity contribution in [2.75, 3.05) is 6.61 Å². The average Bonchev–Trinajstić information content (AvgIpc) is 3.20. The molecule has 0 unspecified atom stereocenters. The van der Waals surface area contributed by atoms with Crippen LogP contribution in [-0.2, 0) is 43.2 Å². The molecule has 0 aliphatic carbocycles. The van der Waals surface area contributed by atoms with Crippen LogP contribution < -0.4 is 10.4 Å². The molecule has 1 heterocycles. The molecular formula is C48H56O5Si. The highest BCUT2D eigenvalue weighted by molar-refractivity contribution is 6.99. The first-order chi connectivity index (χ1) is 26.3. The van der Waals surface area contributed by atoms with E-state index in [4.69, 9.17) is 23.4 Å². The monoisotopic (exact) mass is 740 g/mol. The lowest BCUT2D eigenvalue weighted by atomic mass is 10.0. The topological polar surface area (TPSA) is 46.2 Å². The van der Waals surface area contributed by atoms with Crippen molar-refractivity contribution < 1.29 is 23.4 Å².